The average molecular weight is 413 g/mol. The Morgan fingerprint density at radius 1 is 1.45 bits per heavy atom. The molecule has 10 heteroatoms. The third-order valence-electron chi connectivity index (χ3n) is 4.46. The lowest BCUT2D eigenvalue weighted by molar-refractivity contribution is -0.384. The predicted molar refractivity (Wildman–Crippen MR) is 111 cm³/mol. The van der Waals surface area contributed by atoms with Crippen LogP contribution in [0.2, 0.25) is 0 Å². The molecule has 1 unspecified atom stereocenters. The van der Waals surface area contributed by atoms with Gasteiger partial charge in [-0.1, -0.05) is 11.2 Å². The van der Waals surface area contributed by atoms with E-state index in [1.54, 1.807) is 43.0 Å². The highest BCUT2D eigenvalue weighted by atomic mass is 32.1. The number of thiocarbonyl (C=S) groups is 1. The highest BCUT2D eigenvalue weighted by molar-refractivity contribution is 7.80. The summed E-state index contributed by atoms with van der Waals surface area (Å²) < 4.78 is 5.00. The van der Waals surface area contributed by atoms with Crippen LogP contribution in [0.25, 0.3) is 0 Å². The molecule has 0 radical (unpaired) electrons. The van der Waals surface area contributed by atoms with Crippen molar-refractivity contribution >= 4 is 34.7 Å². The van der Waals surface area contributed by atoms with E-state index >= 15 is 0 Å². The van der Waals surface area contributed by atoms with Gasteiger partial charge in [0.05, 0.1) is 16.5 Å². The van der Waals surface area contributed by atoms with Crippen LogP contribution in [0.3, 0.4) is 0 Å². The summed E-state index contributed by atoms with van der Waals surface area (Å²) in [5.41, 5.74) is 1.69. The molecule has 1 amide bonds. The number of nitro groups is 1. The number of aromatic nitrogens is 1. The number of aryl methyl sites for hydroxylation is 1. The highest BCUT2D eigenvalue weighted by Crippen LogP contribution is 2.32. The summed E-state index contributed by atoms with van der Waals surface area (Å²) in [6.07, 6.45) is 1.68. The second-order valence-electron chi connectivity index (χ2n) is 6.41. The van der Waals surface area contributed by atoms with Crippen molar-refractivity contribution in [2.45, 2.75) is 19.9 Å². The molecule has 0 aliphatic carbocycles. The lowest BCUT2D eigenvalue weighted by Crippen LogP contribution is -2.48. The number of amides is 1. The highest BCUT2D eigenvalue weighted by Gasteiger charge is 2.34. The van der Waals surface area contributed by atoms with Crippen LogP contribution in [-0.4, -0.2) is 32.5 Å². The van der Waals surface area contributed by atoms with E-state index in [9.17, 15) is 14.9 Å². The number of benzene rings is 1. The van der Waals surface area contributed by atoms with Gasteiger partial charge in [0.25, 0.3) is 11.6 Å². The molecule has 1 aromatic heterocycles. The van der Waals surface area contributed by atoms with E-state index in [4.69, 9.17) is 16.7 Å². The number of anilines is 1. The fourth-order valence-electron chi connectivity index (χ4n) is 3.07. The lowest BCUT2D eigenvalue weighted by atomic mass is 9.94. The van der Waals surface area contributed by atoms with Gasteiger partial charge in [-0.25, -0.2) is 0 Å². The summed E-state index contributed by atoms with van der Waals surface area (Å²) in [4.78, 5) is 25.3. The zero-order valence-electron chi connectivity index (χ0n) is 15.8. The number of rotatable bonds is 6. The molecule has 1 aromatic carbocycles. The zero-order valence-corrected chi connectivity index (χ0v) is 16.7. The summed E-state index contributed by atoms with van der Waals surface area (Å²) in [5.74, 6) is 0.469. The van der Waals surface area contributed by atoms with Crippen LogP contribution in [0, 0.1) is 17.0 Å². The normalized spacial score (nSPS) is 16.4. The first-order chi connectivity index (χ1) is 13.8. The fourth-order valence-corrected chi connectivity index (χ4v) is 3.40. The van der Waals surface area contributed by atoms with Crippen molar-refractivity contribution in [3.05, 3.63) is 75.7 Å². The molecule has 0 fully saturated rings. The van der Waals surface area contributed by atoms with Crippen molar-refractivity contribution in [2.24, 2.45) is 0 Å². The Balaban J connectivity index is 2.02. The fraction of sp³-hybridized carbons (Fsp3) is 0.211. The number of nitrogens with one attached hydrogen (secondary N) is 2. The summed E-state index contributed by atoms with van der Waals surface area (Å²) in [6, 6.07) is 7.00. The third kappa shape index (κ3) is 4.16. The maximum absolute atomic E-state index is 13.1. The van der Waals surface area contributed by atoms with E-state index in [0.717, 1.165) is 0 Å². The van der Waals surface area contributed by atoms with Gasteiger partial charge in [0.1, 0.15) is 5.76 Å². The van der Waals surface area contributed by atoms with Crippen molar-refractivity contribution in [2.75, 3.05) is 11.9 Å². The van der Waals surface area contributed by atoms with Gasteiger partial charge in [-0.15, -0.1) is 6.58 Å². The van der Waals surface area contributed by atoms with Crippen LogP contribution in [0.4, 0.5) is 11.5 Å². The summed E-state index contributed by atoms with van der Waals surface area (Å²) in [6.45, 7) is 7.66. The van der Waals surface area contributed by atoms with Gasteiger partial charge in [-0.05, 0) is 43.8 Å². The van der Waals surface area contributed by atoms with Crippen LogP contribution in [0.5, 0.6) is 0 Å². The first kappa shape index (κ1) is 20.2. The van der Waals surface area contributed by atoms with Crippen LogP contribution < -0.4 is 10.6 Å². The maximum atomic E-state index is 13.1. The van der Waals surface area contributed by atoms with E-state index in [0.29, 0.717) is 40.1 Å². The summed E-state index contributed by atoms with van der Waals surface area (Å²) in [5, 5.41) is 21.0. The van der Waals surface area contributed by atoms with Crippen LogP contribution in [0.1, 0.15) is 24.3 Å². The van der Waals surface area contributed by atoms with Gasteiger partial charge in [0.2, 0.25) is 0 Å². The number of carbonyl (C=O) groups excluding carboxylic acids is 1. The molecular weight excluding hydrogens is 394 g/mol. The molecule has 0 bridgehead atoms. The minimum absolute atomic E-state index is 0.0369. The minimum atomic E-state index is -0.586. The summed E-state index contributed by atoms with van der Waals surface area (Å²) in [7, 11) is 0. The number of allylic oxidation sites excluding steroid dienone is 1. The van der Waals surface area contributed by atoms with Crippen LogP contribution >= 0.6 is 12.2 Å². The Kier molecular flexibility index (Phi) is 5.74. The number of non-ortho nitro benzene ring substituents is 1. The minimum Gasteiger partial charge on any atom is -0.360 e. The van der Waals surface area contributed by atoms with Crippen molar-refractivity contribution in [3.63, 3.8) is 0 Å². The zero-order chi connectivity index (χ0) is 21.1. The standard InChI is InChI=1S/C19H19N5O4S/c1-4-9-23-12(3)16(18(25)20-15-10-11(2)28-22-15)17(21-19(23)29)13-5-7-14(8-6-13)24(26)27/h4-8,10,17H,1,9H2,2-3H3,(H,21,29)(H,20,22,25). The molecule has 29 heavy (non-hydrogen) atoms. The molecule has 0 saturated carbocycles. The molecule has 1 aliphatic rings. The van der Waals surface area contributed by atoms with Gasteiger partial charge < -0.3 is 20.1 Å². The van der Waals surface area contributed by atoms with E-state index < -0.39 is 11.0 Å². The Hall–Kier alpha value is -3.53. The van der Waals surface area contributed by atoms with Crippen molar-refractivity contribution in [3.8, 4) is 0 Å². The van der Waals surface area contributed by atoms with Gasteiger partial charge in [0, 0.05) is 30.4 Å². The first-order valence-electron chi connectivity index (χ1n) is 8.70. The topological polar surface area (TPSA) is 114 Å². The maximum Gasteiger partial charge on any atom is 0.269 e. The van der Waals surface area contributed by atoms with Gasteiger partial charge in [-0.3, -0.25) is 14.9 Å². The van der Waals surface area contributed by atoms with Gasteiger partial charge in [0.15, 0.2) is 10.9 Å². The average Bonchev–Trinajstić information content (AvgIpc) is 3.09. The molecule has 0 saturated heterocycles. The second-order valence-corrected chi connectivity index (χ2v) is 6.79. The number of hydrogen-bond acceptors (Lipinski definition) is 6. The monoisotopic (exact) mass is 413 g/mol. The van der Waals surface area contributed by atoms with E-state index in [-0.39, 0.29) is 11.6 Å². The van der Waals surface area contributed by atoms with Crippen molar-refractivity contribution < 1.29 is 14.2 Å². The van der Waals surface area contributed by atoms with Crippen LogP contribution in [-0.2, 0) is 4.79 Å². The Morgan fingerprint density at radius 2 is 2.14 bits per heavy atom. The molecule has 1 atom stereocenters. The van der Waals surface area contributed by atoms with E-state index in [1.807, 2.05) is 0 Å². The second kappa shape index (κ2) is 8.23. The molecule has 150 valence electrons. The Morgan fingerprint density at radius 3 is 2.69 bits per heavy atom. The third-order valence-corrected chi connectivity index (χ3v) is 4.80. The SMILES string of the molecule is C=CCN1C(=S)NC(c2ccc([N+](=O)[O-])cc2)C(C(=O)Nc2cc(C)on2)=C1C. The quantitative estimate of drug-likeness (QED) is 0.321. The van der Waals surface area contributed by atoms with Crippen molar-refractivity contribution in [1.29, 1.82) is 0 Å². The molecule has 0 spiro atoms. The predicted octanol–water partition coefficient (Wildman–Crippen LogP) is 3.22. The molecule has 9 nitrogen and oxygen atoms in total. The number of hydrogen-bond donors (Lipinski definition) is 2. The summed E-state index contributed by atoms with van der Waals surface area (Å²) >= 11 is 5.45. The molecule has 1 aliphatic heterocycles. The van der Waals surface area contributed by atoms with E-state index in [1.165, 1.54) is 12.1 Å². The van der Waals surface area contributed by atoms with Crippen molar-refractivity contribution in [1.82, 2.24) is 15.4 Å². The van der Waals surface area contributed by atoms with E-state index in [2.05, 4.69) is 22.4 Å². The molecule has 2 aromatic rings. The molecule has 3 rings (SSSR count). The Bertz CT molecular complexity index is 1010. The molecule has 2 N–H and O–H groups in total. The number of carbonyl (C=O) groups is 1. The molecular formula is C19H19N5O4S. The molecule has 2 heterocycles. The number of nitrogens with zero attached hydrogens (tertiary/aromatic N) is 3. The largest absolute Gasteiger partial charge is 0.360 e. The van der Waals surface area contributed by atoms with Gasteiger partial charge >= 0.3 is 0 Å². The lowest BCUT2D eigenvalue weighted by Gasteiger charge is -2.37. The van der Waals surface area contributed by atoms with Crippen LogP contribution in [0.15, 0.2) is 58.8 Å². The van der Waals surface area contributed by atoms with Gasteiger partial charge in [-0.2, -0.15) is 0 Å². The Labute approximate surface area is 172 Å². The number of nitro benzene ring substituents is 1. The smallest absolute Gasteiger partial charge is 0.269 e. The first-order valence-corrected chi connectivity index (χ1v) is 9.11.